The van der Waals surface area contributed by atoms with E-state index < -0.39 is 63.7 Å². The first-order chi connectivity index (χ1) is 26.3. The molecule has 3 amide bonds. The van der Waals surface area contributed by atoms with Crippen LogP contribution < -0.4 is 30.7 Å². The number of rotatable bonds is 17. The number of nitrogens with two attached hydrogens (primary N) is 1. The summed E-state index contributed by atoms with van der Waals surface area (Å²) < 4.78 is 45.8. The zero-order chi connectivity index (χ0) is 40.7. The zero-order valence-electron chi connectivity index (χ0n) is 31.3. The zero-order valence-corrected chi connectivity index (χ0v) is 32.9. The number of nitrogen functional groups attached to an aromatic ring is 1. The Morgan fingerprint density at radius 1 is 1.20 bits per heavy atom. The molecule has 0 aliphatic carbocycles. The number of ether oxygens (including phenoxy) is 1. The molecule has 3 aliphatic heterocycles. The lowest BCUT2D eigenvalue weighted by Crippen LogP contribution is -2.76. The third-order valence-corrected chi connectivity index (χ3v) is 10.9. The van der Waals surface area contributed by atoms with Gasteiger partial charge in [0.2, 0.25) is 6.20 Å². The van der Waals surface area contributed by atoms with E-state index in [0.717, 1.165) is 56.1 Å². The van der Waals surface area contributed by atoms with Crippen LogP contribution in [0, 0.1) is 5.92 Å². The molecule has 1 aromatic carbocycles. The molecule has 0 radical (unpaired) electrons. The number of nitrogens with zero attached hydrogens (tertiary/aromatic N) is 6. The summed E-state index contributed by atoms with van der Waals surface area (Å²) in [5.41, 5.74) is 5.21. The van der Waals surface area contributed by atoms with Gasteiger partial charge in [-0.25, -0.2) is 9.78 Å². The number of carbonyl (C=O) groups is 4. The summed E-state index contributed by atoms with van der Waals surface area (Å²) in [5.74, 6) is -2.87. The minimum atomic E-state index is -5.04. The molecule has 56 heavy (non-hydrogen) atoms. The Kier molecular flexibility index (Phi) is 11.1. The molecule has 3 aliphatic rings. The second-order valence-corrected chi connectivity index (χ2v) is 16.6. The molecule has 302 valence electrons. The SMILES string of the molecule is CCCCn1c2c(c[n+]1CC1CNC1)C(=O)N(c1ccc(OC[C@H](O/N=C(\C(=O)N[C@@H]3C(=O)N(OS(=O)(=O)O)C3(C)C)c3csc(N)n3)C(=O)O)cc1)C2(C)C. The maximum Gasteiger partial charge on any atom is 0.418 e. The van der Waals surface area contributed by atoms with Gasteiger partial charge in [-0.15, -0.1) is 20.3 Å². The van der Waals surface area contributed by atoms with E-state index in [4.69, 9.17) is 19.9 Å². The molecule has 6 N–H and O–H groups in total. The van der Waals surface area contributed by atoms with Gasteiger partial charge in [0.25, 0.3) is 23.8 Å². The number of β-lactam (4-membered cyclic amide) rings is 1. The van der Waals surface area contributed by atoms with Crippen LogP contribution in [0.4, 0.5) is 10.8 Å². The highest BCUT2D eigenvalue weighted by Gasteiger charge is 2.58. The fourth-order valence-corrected chi connectivity index (χ4v) is 7.86. The Balaban J connectivity index is 1.14. The van der Waals surface area contributed by atoms with Crippen molar-refractivity contribution in [3.63, 3.8) is 0 Å². The molecule has 2 saturated heterocycles. The second-order valence-electron chi connectivity index (χ2n) is 14.7. The Morgan fingerprint density at radius 3 is 2.45 bits per heavy atom. The van der Waals surface area contributed by atoms with Crippen molar-refractivity contribution in [1.29, 1.82) is 0 Å². The highest BCUT2D eigenvalue weighted by atomic mass is 32.3. The van der Waals surface area contributed by atoms with Gasteiger partial charge in [-0.05, 0) is 58.4 Å². The fourth-order valence-electron chi connectivity index (χ4n) is 6.86. The average molecular weight is 819 g/mol. The summed E-state index contributed by atoms with van der Waals surface area (Å²) in [6, 6.07) is 5.27. The third kappa shape index (κ3) is 7.91. The molecule has 6 rings (SSSR count). The Morgan fingerprint density at radius 2 is 1.89 bits per heavy atom. The summed E-state index contributed by atoms with van der Waals surface area (Å²) in [5, 5.41) is 21.1. The van der Waals surface area contributed by atoms with E-state index in [-0.39, 0.29) is 22.5 Å². The van der Waals surface area contributed by atoms with Gasteiger partial charge in [0.1, 0.15) is 35.3 Å². The van der Waals surface area contributed by atoms with E-state index in [0.29, 0.717) is 22.2 Å². The number of aliphatic carboxylic acids is 1. The normalized spacial score (nSPS) is 19.6. The molecule has 2 atom stereocenters. The van der Waals surface area contributed by atoms with Crippen LogP contribution in [-0.2, 0) is 52.5 Å². The van der Waals surface area contributed by atoms with Crippen molar-refractivity contribution >= 4 is 62.0 Å². The van der Waals surface area contributed by atoms with Crippen molar-refractivity contribution in [2.24, 2.45) is 11.1 Å². The molecule has 22 heteroatoms. The van der Waals surface area contributed by atoms with Gasteiger partial charge in [-0.1, -0.05) is 18.5 Å². The smallest absolute Gasteiger partial charge is 0.418 e. The van der Waals surface area contributed by atoms with Crippen LogP contribution >= 0.6 is 11.3 Å². The maximum absolute atomic E-state index is 13.9. The number of hydrogen-bond acceptors (Lipinski definition) is 14. The van der Waals surface area contributed by atoms with Gasteiger partial charge in [0.15, 0.2) is 17.4 Å². The number of oxime groups is 1. The number of hydrogen-bond donors (Lipinski definition) is 5. The molecule has 3 aromatic rings. The predicted molar refractivity (Wildman–Crippen MR) is 199 cm³/mol. The number of fused-ring (bicyclic) bond motifs is 1. The predicted octanol–water partition coefficient (Wildman–Crippen LogP) is 0.822. The van der Waals surface area contributed by atoms with Crippen molar-refractivity contribution in [3.05, 3.63) is 52.8 Å². The number of benzene rings is 1. The number of hydroxylamine groups is 2. The van der Waals surface area contributed by atoms with Gasteiger partial charge < -0.3 is 31.0 Å². The lowest BCUT2D eigenvalue weighted by atomic mass is 9.84. The summed E-state index contributed by atoms with van der Waals surface area (Å²) in [6.07, 6.45) is 2.21. The van der Waals surface area contributed by atoms with Crippen molar-refractivity contribution in [2.75, 3.05) is 30.3 Å². The number of carboxylic acid groups (broad SMARTS) is 1. The van der Waals surface area contributed by atoms with Gasteiger partial charge in [0.05, 0.1) is 17.6 Å². The number of carboxylic acids is 1. The molecular formula is C34H44N9O11S2+. The van der Waals surface area contributed by atoms with Crippen molar-refractivity contribution in [1.82, 2.24) is 25.4 Å². The minimum Gasteiger partial charge on any atom is -0.489 e. The van der Waals surface area contributed by atoms with Gasteiger partial charge in [-0.2, -0.15) is 18.2 Å². The van der Waals surface area contributed by atoms with Gasteiger partial charge in [0, 0.05) is 30.1 Å². The Labute approximate surface area is 326 Å². The summed E-state index contributed by atoms with van der Waals surface area (Å²) in [7, 11) is -5.04. The van der Waals surface area contributed by atoms with E-state index in [1.54, 1.807) is 29.2 Å². The van der Waals surface area contributed by atoms with Crippen LogP contribution in [0.15, 0.2) is 41.0 Å². The Bertz CT molecular complexity index is 2160. The molecule has 20 nitrogen and oxygen atoms in total. The minimum absolute atomic E-state index is 0.0462. The molecular weight excluding hydrogens is 775 g/mol. The first-order valence-corrected chi connectivity index (χ1v) is 20.0. The maximum atomic E-state index is 13.9. The highest BCUT2D eigenvalue weighted by molar-refractivity contribution is 7.80. The van der Waals surface area contributed by atoms with Crippen LogP contribution in [-0.4, -0.2) is 99.6 Å². The standard InChI is InChI=1S/C34H43N9O11S2/c1-6-7-12-41-27-22(16-40(41)15-19-13-36-14-19)29(45)42(34(27,4)5)20-8-10-21(11-9-20)52-17-24(31(47)48)53-39-25(23-18-55-32(35)37-23)28(44)38-26-30(46)43(33(26,2)3)54-56(49,50)51/h8-11,16,18-19,24,26,36H,6-7,12-15,17H2,1-5H3,(H4-,35,37,38,44,47,48,49,50,51)/p+1/b39-25-/t24-,26+/m0/s1. The van der Waals surface area contributed by atoms with Crippen LogP contribution in [0.5, 0.6) is 5.75 Å². The quantitative estimate of drug-likeness (QED) is 0.0416. The third-order valence-electron chi connectivity index (χ3n) is 9.85. The number of aromatic nitrogens is 3. The molecule has 2 fully saturated rings. The molecule has 0 saturated carbocycles. The summed E-state index contributed by atoms with van der Waals surface area (Å²) in [6.45, 7) is 11.8. The molecule has 0 bridgehead atoms. The largest absolute Gasteiger partial charge is 0.489 e. The fraction of sp³-hybridized carbons (Fsp3) is 0.500. The van der Waals surface area contributed by atoms with E-state index in [9.17, 15) is 32.7 Å². The van der Waals surface area contributed by atoms with E-state index in [1.165, 1.54) is 19.2 Å². The molecule has 0 unspecified atom stereocenters. The Hall–Kier alpha value is -5.16. The second kappa shape index (κ2) is 15.4. The van der Waals surface area contributed by atoms with Crippen LogP contribution in [0.1, 0.15) is 69.2 Å². The van der Waals surface area contributed by atoms with E-state index in [1.807, 2.05) is 20.0 Å². The monoisotopic (exact) mass is 818 g/mol. The lowest BCUT2D eigenvalue weighted by Gasteiger charge is -2.50. The number of anilines is 2. The number of nitrogens with one attached hydrogen (secondary N) is 2. The van der Waals surface area contributed by atoms with Crippen LogP contribution in [0.2, 0.25) is 0 Å². The summed E-state index contributed by atoms with van der Waals surface area (Å²) in [4.78, 5) is 63.1. The van der Waals surface area contributed by atoms with E-state index >= 15 is 0 Å². The number of carbonyl (C=O) groups excluding carboxylic acids is 3. The molecule has 0 spiro atoms. The number of thiazole rings is 1. The van der Waals surface area contributed by atoms with Gasteiger partial charge >= 0.3 is 16.4 Å². The lowest BCUT2D eigenvalue weighted by molar-refractivity contribution is -0.782. The van der Waals surface area contributed by atoms with Crippen LogP contribution in [0.3, 0.4) is 0 Å². The van der Waals surface area contributed by atoms with Crippen LogP contribution in [0.25, 0.3) is 0 Å². The van der Waals surface area contributed by atoms with Crippen molar-refractivity contribution < 1.29 is 55.8 Å². The topological polar surface area (TPSA) is 261 Å². The first kappa shape index (κ1) is 40.5. The van der Waals surface area contributed by atoms with Gasteiger partial charge in [-0.3, -0.25) is 23.8 Å². The van der Waals surface area contributed by atoms with Crippen molar-refractivity contribution in [2.45, 2.75) is 83.8 Å². The molecule has 2 aromatic heterocycles. The van der Waals surface area contributed by atoms with E-state index in [2.05, 4.69) is 41.3 Å². The number of amides is 3. The van der Waals surface area contributed by atoms with Crippen molar-refractivity contribution in [3.8, 4) is 5.75 Å². The molecule has 5 heterocycles. The highest BCUT2D eigenvalue weighted by Crippen LogP contribution is 2.42. The first-order valence-electron chi connectivity index (χ1n) is 17.7. The summed E-state index contributed by atoms with van der Waals surface area (Å²) >= 11 is 0.951. The average Bonchev–Trinajstić information content (AvgIpc) is 3.76. The number of unbranched alkanes of at least 4 members (excludes halogenated alkanes) is 1.